The molecule has 0 spiro atoms. The normalized spacial score (nSPS) is 15.4. The zero-order valence-corrected chi connectivity index (χ0v) is 15.3. The Morgan fingerprint density at radius 1 is 1.12 bits per heavy atom. The molecule has 2 N–H and O–H groups in total. The zero-order valence-electron chi connectivity index (χ0n) is 15.3. The van der Waals surface area contributed by atoms with Crippen molar-refractivity contribution in [3.8, 4) is 0 Å². The van der Waals surface area contributed by atoms with E-state index in [1.54, 1.807) is 4.90 Å². The Kier molecular flexibility index (Phi) is 7.63. The third kappa shape index (κ3) is 6.17. The fraction of sp³-hybridized carbons (Fsp3) is 0.550. The van der Waals surface area contributed by atoms with E-state index < -0.39 is 5.97 Å². The second-order valence-electron chi connectivity index (χ2n) is 6.87. The van der Waals surface area contributed by atoms with Crippen molar-refractivity contribution < 1.29 is 19.5 Å². The summed E-state index contributed by atoms with van der Waals surface area (Å²) in [4.78, 5) is 37.2. The van der Waals surface area contributed by atoms with Gasteiger partial charge in [-0.1, -0.05) is 43.2 Å². The van der Waals surface area contributed by atoms with Crippen LogP contribution < -0.4 is 5.32 Å². The van der Waals surface area contributed by atoms with Crippen LogP contribution in [-0.4, -0.2) is 40.4 Å². The average Bonchev–Trinajstić information content (AvgIpc) is 3.13. The number of amides is 2. The molecule has 2 rings (SSSR count). The van der Waals surface area contributed by atoms with Gasteiger partial charge in [-0.2, -0.15) is 0 Å². The van der Waals surface area contributed by atoms with Gasteiger partial charge in [0.05, 0.1) is 12.5 Å². The van der Waals surface area contributed by atoms with Gasteiger partial charge in [0, 0.05) is 25.4 Å². The van der Waals surface area contributed by atoms with Gasteiger partial charge < -0.3 is 15.3 Å². The molecule has 26 heavy (non-hydrogen) atoms. The summed E-state index contributed by atoms with van der Waals surface area (Å²) >= 11 is 0. The largest absolute Gasteiger partial charge is 0.481 e. The summed E-state index contributed by atoms with van der Waals surface area (Å²) in [6, 6.07) is 9.51. The summed E-state index contributed by atoms with van der Waals surface area (Å²) in [5, 5.41) is 12.0. The molecule has 0 aliphatic heterocycles. The maximum Gasteiger partial charge on any atom is 0.305 e. The molecule has 0 saturated heterocycles. The summed E-state index contributed by atoms with van der Waals surface area (Å²) < 4.78 is 0. The molecule has 0 aromatic heterocycles. The van der Waals surface area contributed by atoms with E-state index >= 15 is 0 Å². The Morgan fingerprint density at radius 3 is 2.38 bits per heavy atom. The van der Waals surface area contributed by atoms with Gasteiger partial charge in [-0.15, -0.1) is 0 Å². The van der Waals surface area contributed by atoms with Gasteiger partial charge in [0.15, 0.2) is 0 Å². The van der Waals surface area contributed by atoms with Crippen molar-refractivity contribution in [1.82, 2.24) is 10.2 Å². The molecule has 1 aliphatic rings. The van der Waals surface area contributed by atoms with Crippen molar-refractivity contribution in [2.45, 2.75) is 64.0 Å². The molecular formula is C20H28N2O4. The molecule has 0 radical (unpaired) electrons. The lowest BCUT2D eigenvalue weighted by Crippen LogP contribution is -2.37. The molecule has 1 aromatic carbocycles. The van der Waals surface area contributed by atoms with Crippen LogP contribution in [0, 0.1) is 0 Å². The molecule has 6 heteroatoms. The van der Waals surface area contributed by atoms with E-state index in [1.807, 2.05) is 37.3 Å². The van der Waals surface area contributed by atoms with E-state index in [0.717, 1.165) is 31.2 Å². The first-order valence-corrected chi connectivity index (χ1v) is 9.33. The molecule has 0 heterocycles. The van der Waals surface area contributed by atoms with Gasteiger partial charge in [-0.3, -0.25) is 14.4 Å². The molecule has 2 amide bonds. The van der Waals surface area contributed by atoms with Crippen molar-refractivity contribution >= 4 is 17.8 Å². The van der Waals surface area contributed by atoms with Crippen molar-refractivity contribution in [2.24, 2.45) is 0 Å². The lowest BCUT2D eigenvalue weighted by molar-refractivity contribution is -0.140. The number of rotatable bonds is 9. The SMILES string of the molecule is CC(c1ccccc1)N(CCC(=O)O)C(=O)CCC(=O)NC1CCCC1. The molecule has 1 aliphatic carbocycles. The second-order valence-corrected chi connectivity index (χ2v) is 6.87. The Balaban J connectivity index is 1.93. The number of aliphatic carboxylic acids is 1. The molecule has 6 nitrogen and oxygen atoms in total. The van der Waals surface area contributed by atoms with Crippen molar-refractivity contribution in [1.29, 1.82) is 0 Å². The minimum Gasteiger partial charge on any atom is -0.481 e. The van der Waals surface area contributed by atoms with Crippen LogP contribution in [0.5, 0.6) is 0 Å². The molecule has 1 fully saturated rings. The number of carbonyl (C=O) groups is 3. The lowest BCUT2D eigenvalue weighted by atomic mass is 10.1. The third-order valence-electron chi connectivity index (χ3n) is 4.92. The van der Waals surface area contributed by atoms with Crippen LogP contribution in [0.2, 0.25) is 0 Å². The zero-order chi connectivity index (χ0) is 18.9. The maximum absolute atomic E-state index is 12.7. The first kappa shape index (κ1) is 19.9. The van der Waals surface area contributed by atoms with Gasteiger partial charge >= 0.3 is 5.97 Å². The first-order valence-electron chi connectivity index (χ1n) is 9.33. The number of nitrogens with one attached hydrogen (secondary N) is 1. The van der Waals surface area contributed by atoms with Crippen molar-refractivity contribution in [3.05, 3.63) is 35.9 Å². The fourth-order valence-corrected chi connectivity index (χ4v) is 3.40. The van der Waals surface area contributed by atoms with Crippen LogP contribution >= 0.6 is 0 Å². The lowest BCUT2D eigenvalue weighted by Gasteiger charge is -2.29. The number of carbonyl (C=O) groups excluding carboxylic acids is 2. The van der Waals surface area contributed by atoms with Crippen LogP contribution in [0.25, 0.3) is 0 Å². The average molecular weight is 360 g/mol. The quantitative estimate of drug-likeness (QED) is 0.709. The van der Waals surface area contributed by atoms with Crippen LogP contribution in [0.3, 0.4) is 0 Å². The molecule has 1 saturated carbocycles. The third-order valence-corrected chi connectivity index (χ3v) is 4.92. The summed E-state index contributed by atoms with van der Waals surface area (Å²) in [7, 11) is 0. The predicted octanol–water partition coefficient (Wildman–Crippen LogP) is 2.89. The van der Waals surface area contributed by atoms with Gasteiger partial charge in [0.1, 0.15) is 0 Å². The summed E-state index contributed by atoms with van der Waals surface area (Å²) in [6.45, 7) is 2.02. The van der Waals surface area contributed by atoms with Gasteiger partial charge in [0.25, 0.3) is 0 Å². The summed E-state index contributed by atoms with van der Waals surface area (Å²) in [6.07, 6.45) is 4.42. The second kappa shape index (κ2) is 9.94. The fourth-order valence-electron chi connectivity index (χ4n) is 3.40. The first-order chi connectivity index (χ1) is 12.5. The molecule has 1 unspecified atom stereocenters. The topological polar surface area (TPSA) is 86.7 Å². The number of nitrogens with zero attached hydrogens (tertiary/aromatic N) is 1. The van der Waals surface area contributed by atoms with E-state index in [-0.39, 0.29) is 49.7 Å². The number of carboxylic acids is 1. The number of hydrogen-bond donors (Lipinski definition) is 2. The number of carboxylic acid groups (broad SMARTS) is 1. The van der Waals surface area contributed by atoms with Crippen molar-refractivity contribution in [3.63, 3.8) is 0 Å². The Morgan fingerprint density at radius 2 is 1.77 bits per heavy atom. The van der Waals surface area contributed by atoms with Crippen LogP contribution in [0.4, 0.5) is 0 Å². The predicted molar refractivity (Wildman–Crippen MR) is 98.5 cm³/mol. The number of hydrogen-bond acceptors (Lipinski definition) is 3. The van der Waals surface area contributed by atoms with E-state index in [0.29, 0.717) is 0 Å². The van der Waals surface area contributed by atoms with Crippen LogP contribution in [-0.2, 0) is 14.4 Å². The van der Waals surface area contributed by atoms with Gasteiger partial charge in [-0.25, -0.2) is 0 Å². The summed E-state index contributed by atoms with van der Waals surface area (Å²) in [5.41, 5.74) is 0.946. The molecule has 1 atom stereocenters. The Hall–Kier alpha value is -2.37. The highest BCUT2D eigenvalue weighted by Gasteiger charge is 2.23. The minimum atomic E-state index is -0.943. The van der Waals surface area contributed by atoms with Gasteiger partial charge in [-0.05, 0) is 25.3 Å². The highest BCUT2D eigenvalue weighted by molar-refractivity contribution is 5.84. The highest BCUT2D eigenvalue weighted by atomic mass is 16.4. The van der Waals surface area contributed by atoms with Crippen molar-refractivity contribution in [2.75, 3.05) is 6.54 Å². The monoisotopic (exact) mass is 360 g/mol. The Bertz CT molecular complexity index is 611. The smallest absolute Gasteiger partial charge is 0.305 e. The Labute approximate surface area is 154 Å². The minimum absolute atomic E-state index is 0.0926. The molecule has 1 aromatic rings. The summed E-state index contributed by atoms with van der Waals surface area (Å²) in [5.74, 6) is -1.23. The highest BCUT2D eigenvalue weighted by Crippen LogP contribution is 2.22. The van der Waals surface area contributed by atoms with E-state index in [1.165, 1.54) is 0 Å². The number of benzene rings is 1. The van der Waals surface area contributed by atoms with E-state index in [2.05, 4.69) is 5.32 Å². The molecule has 0 bridgehead atoms. The van der Waals surface area contributed by atoms with Crippen LogP contribution in [0.1, 0.15) is 63.5 Å². The van der Waals surface area contributed by atoms with E-state index in [4.69, 9.17) is 5.11 Å². The van der Waals surface area contributed by atoms with E-state index in [9.17, 15) is 14.4 Å². The van der Waals surface area contributed by atoms with Gasteiger partial charge in [0.2, 0.25) is 11.8 Å². The van der Waals surface area contributed by atoms with Crippen LogP contribution in [0.15, 0.2) is 30.3 Å². The maximum atomic E-state index is 12.7. The standard InChI is InChI=1S/C20H28N2O4/c1-15(16-7-3-2-4-8-16)22(14-13-20(25)26)19(24)12-11-18(23)21-17-9-5-6-10-17/h2-4,7-8,15,17H,5-6,9-14H2,1H3,(H,21,23)(H,25,26). The molecular weight excluding hydrogens is 332 g/mol. The molecule has 142 valence electrons.